The maximum Gasteiger partial charge on any atom is 0.326 e. The van der Waals surface area contributed by atoms with Crippen LogP contribution in [0.1, 0.15) is 33.1 Å². The van der Waals surface area contributed by atoms with Crippen molar-refractivity contribution in [1.29, 1.82) is 0 Å². The molecule has 1 amide bonds. The van der Waals surface area contributed by atoms with Gasteiger partial charge in [-0.2, -0.15) is 0 Å². The third-order valence-electron chi connectivity index (χ3n) is 3.13. The van der Waals surface area contributed by atoms with Crippen LogP contribution in [0.15, 0.2) is 12.2 Å². The number of carbonyl (C=O) groups excluding carboxylic acids is 1. The minimum Gasteiger partial charge on any atom is -0.480 e. The van der Waals surface area contributed by atoms with Crippen molar-refractivity contribution >= 4 is 11.9 Å². The zero-order valence-corrected chi connectivity index (χ0v) is 10.9. The van der Waals surface area contributed by atoms with E-state index in [4.69, 9.17) is 9.84 Å². The third-order valence-corrected chi connectivity index (χ3v) is 3.13. The summed E-state index contributed by atoms with van der Waals surface area (Å²) in [5.74, 6) is -1.21. The van der Waals surface area contributed by atoms with E-state index in [0.29, 0.717) is 19.6 Å². The van der Waals surface area contributed by atoms with Crippen LogP contribution in [0.25, 0.3) is 0 Å². The average Bonchev–Trinajstić information content (AvgIpc) is 3.12. The number of hydrogen-bond acceptors (Lipinski definition) is 3. The molecule has 0 heterocycles. The maximum atomic E-state index is 12.0. The summed E-state index contributed by atoms with van der Waals surface area (Å²) in [7, 11) is 0. The molecule has 1 unspecified atom stereocenters. The standard InChI is InChI=1S/C13H21NO4/c1-3-5-6-10(11(15)16)14-12(17)13(7-8-13)9-18-4-2/h3,5,10H,4,6-9H2,1-2H3,(H,14,17)(H,15,16)/b5-3+. The van der Waals surface area contributed by atoms with Crippen molar-refractivity contribution in [3.8, 4) is 0 Å². The fourth-order valence-corrected chi connectivity index (χ4v) is 1.69. The molecule has 0 saturated heterocycles. The summed E-state index contributed by atoms with van der Waals surface area (Å²) < 4.78 is 5.28. The first-order valence-corrected chi connectivity index (χ1v) is 6.28. The maximum absolute atomic E-state index is 12.0. The Balaban J connectivity index is 2.53. The smallest absolute Gasteiger partial charge is 0.326 e. The second-order valence-corrected chi connectivity index (χ2v) is 4.59. The number of carbonyl (C=O) groups is 2. The molecule has 1 fully saturated rings. The van der Waals surface area contributed by atoms with E-state index in [2.05, 4.69) is 5.32 Å². The molecule has 0 radical (unpaired) electrons. The molecule has 2 N–H and O–H groups in total. The number of nitrogens with one attached hydrogen (secondary N) is 1. The number of aliphatic carboxylic acids is 1. The fraction of sp³-hybridized carbons (Fsp3) is 0.692. The van der Waals surface area contributed by atoms with E-state index in [9.17, 15) is 9.59 Å². The van der Waals surface area contributed by atoms with Gasteiger partial charge in [0.2, 0.25) is 5.91 Å². The van der Waals surface area contributed by atoms with Crippen LogP contribution in [0.4, 0.5) is 0 Å². The highest BCUT2D eigenvalue weighted by Gasteiger charge is 2.50. The molecule has 1 rings (SSSR count). The van der Waals surface area contributed by atoms with Crippen LogP contribution in [0.5, 0.6) is 0 Å². The molecule has 0 aromatic carbocycles. The molecule has 1 aliphatic carbocycles. The second kappa shape index (κ2) is 6.54. The number of rotatable bonds is 8. The lowest BCUT2D eigenvalue weighted by Crippen LogP contribution is -2.45. The Morgan fingerprint density at radius 3 is 2.61 bits per heavy atom. The number of allylic oxidation sites excluding steroid dienone is 1. The van der Waals surface area contributed by atoms with Crippen molar-refractivity contribution in [1.82, 2.24) is 5.32 Å². The highest BCUT2D eigenvalue weighted by Crippen LogP contribution is 2.46. The van der Waals surface area contributed by atoms with Crippen molar-refractivity contribution in [2.45, 2.75) is 39.2 Å². The van der Waals surface area contributed by atoms with Crippen LogP contribution in [0.2, 0.25) is 0 Å². The fourth-order valence-electron chi connectivity index (χ4n) is 1.69. The van der Waals surface area contributed by atoms with E-state index in [1.807, 2.05) is 13.8 Å². The van der Waals surface area contributed by atoms with Gasteiger partial charge >= 0.3 is 5.97 Å². The first-order valence-electron chi connectivity index (χ1n) is 6.28. The second-order valence-electron chi connectivity index (χ2n) is 4.59. The number of carboxylic acid groups (broad SMARTS) is 1. The van der Waals surface area contributed by atoms with Gasteiger partial charge in [0.25, 0.3) is 0 Å². The third kappa shape index (κ3) is 3.84. The topological polar surface area (TPSA) is 75.6 Å². The van der Waals surface area contributed by atoms with Crippen molar-refractivity contribution in [2.75, 3.05) is 13.2 Å². The highest BCUT2D eigenvalue weighted by atomic mass is 16.5. The summed E-state index contributed by atoms with van der Waals surface area (Å²) in [5, 5.41) is 11.6. The Morgan fingerprint density at radius 1 is 1.50 bits per heavy atom. The Labute approximate surface area is 107 Å². The Morgan fingerprint density at radius 2 is 2.17 bits per heavy atom. The summed E-state index contributed by atoms with van der Waals surface area (Å²) in [4.78, 5) is 23.1. The van der Waals surface area contributed by atoms with Gasteiger partial charge in [-0.15, -0.1) is 0 Å². The van der Waals surface area contributed by atoms with Crippen molar-refractivity contribution in [2.24, 2.45) is 5.41 Å². The Bertz CT molecular complexity index is 334. The molecule has 1 saturated carbocycles. The Kier molecular flexibility index (Phi) is 5.34. The predicted octanol–water partition coefficient (Wildman–Crippen LogP) is 1.34. The van der Waals surface area contributed by atoms with Gasteiger partial charge in [-0.1, -0.05) is 12.2 Å². The van der Waals surface area contributed by atoms with Gasteiger partial charge in [0.05, 0.1) is 12.0 Å². The lowest BCUT2D eigenvalue weighted by molar-refractivity contribution is -0.143. The van der Waals surface area contributed by atoms with E-state index in [1.54, 1.807) is 12.2 Å². The SMILES string of the molecule is C/C=C/CC(NC(=O)C1(COCC)CC1)C(=O)O. The summed E-state index contributed by atoms with van der Waals surface area (Å²) in [6.45, 7) is 4.64. The minimum absolute atomic E-state index is 0.201. The summed E-state index contributed by atoms with van der Waals surface area (Å²) in [6, 6.07) is -0.854. The highest BCUT2D eigenvalue weighted by molar-refractivity contribution is 5.89. The molecule has 5 nitrogen and oxygen atoms in total. The average molecular weight is 255 g/mol. The van der Waals surface area contributed by atoms with Crippen molar-refractivity contribution < 1.29 is 19.4 Å². The number of carboxylic acids is 1. The van der Waals surface area contributed by atoms with Gasteiger partial charge in [0.1, 0.15) is 6.04 Å². The predicted molar refractivity (Wildman–Crippen MR) is 67.2 cm³/mol. The van der Waals surface area contributed by atoms with Crippen LogP contribution in [0.3, 0.4) is 0 Å². The monoisotopic (exact) mass is 255 g/mol. The van der Waals surface area contributed by atoms with Crippen LogP contribution >= 0.6 is 0 Å². The normalized spacial score (nSPS) is 18.6. The van der Waals surface area contributed by atoms with E-state index < -0.39 is 17.4 Å². The Hall–Kier alpha value is -1.36. The van der Waals surface area contributed by atoms with Gasteiger partial charge in [-0.05, 0) is 33.1 Å². The van der Waals surface area contributed by atoms with Gasteiger partial charge in [-0.3, -0.25) is 4.79 Å². The number of hydrogen-bond donors (Lipinski definition) is 2. The lowest BCUT2D eigenvalue weighted by Gasteiger charge is -2.18. The molecule has 1 aliphatic rings. The zero-order valence-electron chi connectivity index (χ0n) is 10.9. The molecule has 18 heavy (non-hydrogen) atoms. The first-order chi connectivity index (χ1) is 8.55. The van der Waals surface area contributed by atoms with Crippen LogP contribution in [-0.2, 0) is 14.3 Å². The van der Waals surface area contributed by atoms with E-state index in [0.717, 1.165) is 12.8 Å². The zero-order chi connectivity index (χ0) is 13.6. The first kappa shape index (κ1) is 14.7. The van der Waals surface area contributed by atoms with Crippen LogP contribution in [0, 0.1) is 5.41 Å². The van der Waals surface area contributed by atoms with Gasteiger partial charge < -0.3 is 15.2 Å². The van der Waals surface area contributed by atoms with Gasteiger partial charge in [0, 0.05) is 6.61 Å². The molecule has 0 aliphatic heterocycles. The van der Waals surface area contributed by atoms with Crippen molar-refractivity contribution in [3.63, 3.8) is 0 Å². The molecule has 0 aromatic heterocycles. The summed E-state index contributed by atoms with van der Waals surface area (Å²) in [6.07, 6.45) is 5.36. The molecule has 0 spiro atoms. The lowest BCUT2D eigenvalue weighted by atomic mass is 10.1. The number of amides is 1. The summed E-state index contributed by atoms with van der Waals surface area (Å²) >= 11 is 0. The van der Waals surface area contributed by atoms with Crippen molar-refractivity contribution in [3.05, 3.63) is 12.2 Å². The van der Waals surface area contributed by atoms with Gasteiger partial charge in [-0.25, -0.2) is 4.79 Å². The quantitative estimate of drug-likeness (QED) is 0.642. The molecule has 0 bridgehead atoms. The summed E-state index contributed by atoms with van der Waals surface area (Å²) in [5.41, 5.74) is -0.486. The molecular weight excluding hydrogens is 234 g/mol. The molecule has 5 heteroatoms. The number of ether oxygens (including phenoxy) is 1. The van der Waals surface area contributed by atoms with E-state index in [1.165, 1.54) is 0 Å². The van der Waals surface area contributed by atoms with E-state index >= 15 is 0 Å². The van der Waals surface area contributed by atoms with Crippen LogP contribution in [-0.4, -0.2) is 36.2 Å². The molecular formula is C13H21NO4. The van der Waals surface area contributed by atoms with Crippen LogP contribution < -0.4 is 5.32 Å². The molecule has 0 aromatic rings. The molecule has 1 atom stereocenters. The minimum atomic E-state index is -1.01. The largest absolute Gasteiger partial charge is 0.480 e. The van der Waals surface area contributed by atoms with Gasteiger partial charge in [0.15, 0.2) is 0 Å². The van der Waals surface area contributed by atoms with E-state index in [-0.39, 0.29) is 5.91 Å². The molecule has 102 valence electrons.